The molecule has 0 aliphatic carbocycles. The van der Waals surface area contributed by atoms with E-state index in [9.17, 15) is 0 Å². The van der Waals surface area contributed by atoms with E-state index in [0.717, 1.165) is 59.0 Å². The Balaban J connectivity index is 1.32. The van der Waals surface area contributed by atoms with Gasteiger partial charge < -0.3 is 4.74 Å². The molecule has 0 aliphatic rings. The first-order valence-electron chi connectivity index (χ1n) is 16.2. The van der Waals surface area contributed by atoms with E-state index < -0.39 is 0 Å². The Hall–Kier alpha value is -5.16. The van der Waals surface area contributed by atoms with Gasteiger partial charge in [-0.15, -0.1) is 0 Å². The van der Waals surface area contributed by atoms with E-state index >= 15 is 0 Å². The van der Waals surface area contributed by atoms with E-state index in [-0.39, 0.29) is 5.41 Å². The maximum Gasteiger partial charge on any atom is 0.137 e. The van der Waals surface area contributed by atoms with Crippen LogP contribution in [0.2, 0.25) is 0 Å². The Morgan fingerprint density at radius 1 is 0.739 bits per heavy atom. The third-order valence-corrected chi connectivity index (χ3v) is 8.37. The van der Waals surface area contributed by atoms with Gasteiger partial charge >= 0.3 is 0 Å². The second-order valence-electron chi connectivity index (χ2n) is 13.4. The summed E-state index contributed by atoms with van der Waals surface area (Å²) < 4.78 is 11.0. The summed E-state index contributed by atoms with van der Waals surface area (Å²) in [7, 11) is 0. The van der Waals surface area contributed by atoms with Gasteiger partial charge in [-0.2, -0.15) is 5.10 Å². The molecular formula is C41H40N4O. The van der Waals surface area contributed by atoms with Gasteiger partial charge in [0.1, 0.15) is 17.3 Å². The fourth-order valence-corrected chi connectivity index (χ4v) is 6.45. The molecule has 0 N–H and O–H groups in total. The molecule has 0 fully saturated rings. The molecule has 0 spiro atoms. The lowest BCUT2D eigenvalue weighted by molar-refractivity contribution is 0.402. The molecule has 46 heavy (non-hydrogen) atoms. The highest BCUT2D eigenvalue weighted by Crippen LogP contribution is 2.37. The molecule has 0 saturated heterocycles. The predicted octanol–water partition coefficient (Wildman–Crippen LogP) is 10.7. The number of hydrogen-bond donors (Lipinski definition) is 0. The molecule has 5 nitrogen and oxygen atoms in total. The summed E-state index contributed by atoms with van der Waals surface area (Å²) in [6, 6.07) is 38.0. The van der Waals surface area contributed by atoms with Crippen molar-refractivity contribution in [2.75, 3.05) is 0 Å². The first-order chi connectivity index (χ1) is 22.3. The molecule has 0 radical (unpaired) electrons. The lowest BCUT2D eigenvalue weighted by Crippen LogP contribution is -2.14. The zero-order valence-electron chi connectivity index (χ0n) is 27.3. The van der Waals surface area contributed by atoms with Crippen LogP contribution >= 0.6 is 0 Å². The number of pyridine rings is 1. The maximum atomic E-state index is 6.59. The molecule has 5 heteroatoms. The summed E-state index contributed by atoms with van der Waals surface area (Å²) in [6.07, 6.45) is 4.73. The van der Waals surface area contributed by atoms with Crippen molar-refractivity contribution < 1.29 is 4.74 Å². The van der Waals surface area contributed by atoms with Crippen molar-refractivity contribution >= 4 is 21.8 Å². The normalized spacial score (nSPS) is 11.8. The molecule has 3 aromatic heterocycles. The largest absolute Gasteiger partial charge is 0.457 e. The number of rotatable bonds is 8. The molecule has 0 atom stereocenters. The van der Waals surface area contributed by atoms with Crippen LogP contribution in [0.25, 0.3) is 44.4 Å². The van der Waals surface area contributed by atoms with Gasteiger partial charge in [0, 0.05) is 34.7 Å². The Morgan fingerprint density at radius 3 is 2.28 bits per heavy atom. The minimum atomic E-state index is 0.0823. The van der Waals surface area contributed by atoms with E-state index in [1.165, 1.54) is 33.2 Å². The van der Waals surface area contributed by atoms with Crippen LogP contribution in [0.15, 0.2) is 115 Å². The van der Waals surface area contributed by atoms with Crippen LogP contribution in [0.4, 0.5) is 0 Å². The van der Waals surface area contributed by atoms with Crippen LogP contribution in [0.5, 0.6) is 11.5 Å². The third kappa shape index (κ3) is 5.69. The first-order valence-corrected chi connectivity index (χ1v) is 16.2. The minimum Gasteiger partial charge on any atom is -0.457 e. The quantitative estimate of drug-likeness (QED) is 0.173. The number of hydrogen-bond acceptors (Lipinski definition) is 3. The van der Waals surface area contributed by atoms with Gasteiger partial charge in [-0.25, -0.2) is 9.67 Å². The van der Waals surface area contributed by atoms with Gasteiger partial charge in [-0.1, -0.05) is 88.7 Å². The molecule has 0 aliphatic heterocycles. The van der Waals surface area contributed by atoms with Gasteiger partial charge in [0.05, 0.1) is 28.1 Å². The molecule has 0 bridgehead atoms. The number of fused-ring (bicyclic) bond motifs is 3. The van der Waals surface area contributed by atoms with Crippen molar-refractivity contribution in [2.45, 2.75) is 53.9 Å². The van der Waals surface area contributed by atoms with Crippen LogP contribution < -0.4 is 4.74 Å². The highest BCUT2D eigenvalue weighted by atomic mass is 16.5. The Bertz CT molecular complexity index is 2170. The van der Waals surface area contributed by atoms with Crippen molar-refractivity contribution in [1.82, 2.24) is 19.3 Å². The average molecular weight is 605 g/mol. The molecule has 0 amide bonds. The summed E-state index contributed by atoms with van der Waals surface area (Å²) in [6.45, 7) is 11.2. The topological polar surface area (TPSA) is 44.9 Å². The van der Waals surface area contributed by atoms with E-state index in [2.05, 4.69) is 141 Å². The van der Waals surface area contributed by atoms with Crippen LogP contribution in [-0.4, -0.2) is 19.3 Å². The van der Waals surface area contributed by atoms with Crippen LogP contribution in [0.3, 0.4) is 0 Å². The van der Waals surface area contributed by atoms with Crippen molar-refractivity contribution in [2.24, 2.45) is 5.41 Å². The minimum absolute atomic E-state index is 0.0823. The molecular weight excluding hydrogens is 564 g/mol. The standard InChI is InChI=1S/C41H40N4O/c1-6-13-35-40(29-14-8-7-9-15-29)38(27-41(3,4)5)45(43-35)30-16-12-17-31(25-30)46-32-20-21-34-33-18-10-11-19-36(33)44(37(34)26-32)39-24-28(2)22-23-42-39/h7-12,14-26H,6,13,27H2,1-5H3. The lowest BCUT2D eigenvalue weighted by Gasteiger charge is -2.21. The zero-order valence-corrected chi connectivity index (χ0v) is 27.3. The monoisotopic (exact) mass is 604 g/mol. The number of benzene rings is 4. The third-order valence-electron chi connectivity index (χ3n) is 8.37. The van der Waals surface area contributed by atoms with Crippen molar-refractivity contribution in [3.8, 4) is 34.1 Å². The summed E-state index contributed by atoms with van der Waals surface area (Å²) in [4.78, 5) is 4.73. The van der Waals surface area contributed by atoms with Crippen LogP contribution in [-0.2, 0) is 12.8 Å². The smallest absolute Gasteiger partial charge is 0.137 e. The molecule has 0 saturated carbocycles. The summed E-state index contributed by atoms with van der Waals surface area (Å²) >= 11 is 0. The summed E-state index contributed by atoms with van der Waals surface area (Å²) in [5.74, 6) is 2.43. The van der Waals surface area contributed by atoms with Crippen molar-refractivity contribution in [3.63, 3.8) is 0 Å². The van der Waals surface area contributed by atoms with Gasteiger partial charge in [-0.05, 0) is 78.8 Å². The number of para-hydroxylation sites is 1. The average Bonchev–Trinajstić information content (AvgIpc) is 3.55. The SMILES string of the molecule is CCCc1nn(-c2cccc(Oc3ccc4c5ccccc5n(-c5cc(C)ccn5)c4c3)c2)c(CC(C)(C)C)c1-c1ccccc1. The molecule has 0 unspecified atom stereocenters. The second kappa shape index (κ2) is 12.0. The number of ether oxygens (including phenoxy) is 1. The van der Waals surface area contributed by atoms with Gasteiger partial charge in [-0.3, -0.25) is 4.57 Å². The predicted molar refractivity (Wildman–Crippen MR) is 190 cm³/mol. The highest BCUT2D eigenvalue weighted by molar-refractivity contribution is 6.09. The maximum absolute atomic E-state index is 6.59. The van der Waals surface area contributed by atoms with E-state index in [1.54, 1.807) is 0 Å². The van der Waals surface area contributed by atoms with Crippen molar-refractivity contribution in [1.29, 1.82) is 0 Å². The molecule has 3 heterocycles. The Kier molecular flexibility index (Phi) is 7.69. The van der Waals surface area contributed by atoms with Crippen LogP contribution in [0.1, 0.15) is 51.1 Å². The second-order valence-corrected chi connectivity index (χ2v) is 13.4. The molecule has 7 aromatic rings. The van der Waals surface area contributed by atoms with E-state index in [0.29, 0.717) is 0 Å². The zero-order chi connectivity index (χ0) is 31.8. The highest BCUT2D eigenvalue weighted by Gasteiger charge is 2.24. The van der Waals surface area contributed by atoms with Gasteiger partial charge in [0.25, 0.3) is 0 Å². The Morgan fingerprint density at radius 2 is 1.50 bits per heavy atom. The summed E-state index contributed by atoms with van der Waals surface area (Å²) in [5, 5.41) is 7.61. The summed E-state index contributed by atoms with van der Waals surface area (Å²) in [5.41, 5.74) is 9.28. The van der Waals surface area contributed by atoms with Crippen molar-refractivity contribution in [3.05, 3.63) is 132 Å². The fraction of sp³-hybridized carbons (Fsp3) is 0.220. The molecule has 4 aromatic carbocycles. The lowest BCUT2D eigenvalue weighted by atomic mass is 9.87. The van der Waals surface area contributed by atoms with Crippen LogP contribution in [0, 0.1) is 12.3 Å². The van der Waals surface area contributed by atoms with E-state index in [4.69, 9.17) is 14.8 Å². The number of nitrogens with zero attached hydrogens (tertiary/aromatic N) is 4. The van der Waals surface area contributed by atoms with Gasteiger partial charge in [0.15, 0.2) is 0 Å². The molecule has 7 rings (SSSR count). The molecule has 230 valence electrons. The first kappa shape index (κ1) is 29.5. The number of aryl methyl sites for hydroxylation is 2. The Labute approximate surface area is 271 Å². The number of aromatic nitrogens is 4. The fourth-order valence-electron chi connectivity index (χ4n) is 6.45. The van der Waals surface area contributed by atoms with E-state index in [1.807, 2.05) is 18.3 Å². The van der Waals surface area contributed by atoms with Gasteiger partial charge in [0.2, 0.25) is 0 Å².